The Balaban J connectivity index is 2.96. The fraction of sp³-hybridized carbons (Fsp3) is 0.385. The molecule has 1 aromatic carbocycles. The molecule has 0 atom stereocenters. The third-order valence-corrected chi connectivity index (χ3v) is 2.13. The van der Waals surface area contributed by atoms with Gasteiger partial charge in [0.15, 0.2) is 5.84 Å². The molecule has 0 aliphatic rings. The van der Waals surface area contributed by atoms with Crippen molar-refractivity contribution in [2.24, 2.45) is 10.8 Å². The van der Waals surface area contributed by atoms with Crippen molar-refractivity contribution in [1.29, 1.82) is 0 Å². The average molecular weight is 285 g/mol. The van der Waals surface area contributed by atoms with Crippen LogP contribution in [0.2, 0.25) is 0 Å². The van der Waals surface area contributed by atoms with Crippen molar-refractivity contribution < 1.29 is 18.3 Å². The summed E-state index contributed by atoms with van der Waals surface area (Å²) in [7, 11) is 1.28. The van der Waals surface area contributed by atoms with Gasteiger partial charge in [-0.2, -0.15) is 5.01 Å². The molecule has 2 N–H and O–H groups in total. The Morgan fingerprint density at radius 1 is 1.30 bits per heavy atom. The van der Waals surface area contributed by atoms with Crippen LogP contribution in [0.4, 0.5) is 13.6 Å². The molecule has 0 unspecified atom stereocenters. The lowest BCUT2D eigenvalue weighted by Crippen LogP contribution is -2.33. The highest BCUT2D eigenvalue weighted by molar-refractivity contribution is 5.98. The Labute approximate surface area is 116 Å². The van der Waals surface area contributed by atoms with E-state index in [1.54, 1.807) is 20.8 Å². The van der Waals surface area contributed by atoms with Crippen LogP contribution in [-0.2, 0) is 4.74 Å². The SMILES string of the molecule is CN(N=C(N)c1c(F)cccc1F)C(=O)OC(C)(C)C. The van der Waals surface area contributed by atoms with E-state index in [1.807, 2.05) is 0 Å². The second-order valence-corrected chi connectivity index (χ2v) is 5.09. The molecule has 0 saturated carbocycles. The molecule has 1 aromatic rings. The second kappa shape index (κ2) is 5.85. The van der Waals surface area contributed by atoms with Gasteiger partial charge < -0.3 is 10.5 Å². The van der Waals surface area contributed by atoms with Crippen LogP contribution in [0.25, 0.3) is 0 Å². The molecule has 7 heteroatoms. The molecule has 0 heterocycles. The number of hydrogen-bond donors (Lipinski definition) is 1. The number of nitrogens with two attached hydrogens (primary N) is 1. The topological polar surface area (TPSA) is 67.9 Å². The number of carbonyl (C=O) groups is 1. The monoisotopic (exact) mass is 285 g/mol. The predicted octanol–water partition coefficient (Wildman–Crippen LogP) is 2.45. The molecule has 0 fully saturated rings. The maximum Gasteiger partial charge on any atom is 0.430 e. The van der Waals surface area contributed by atoms with E-state index in [4.69, 9.17) is 10.5 Å². The molecule has 0 aliphatic carbocycles. The number of benzene rings is 1. The first-order valence-corrected chi connectivity index (χ1v) is 5.87. The molecule has 0 aromatic heterocycles. The van der Waals surface area contributed by atoms with Crippen molar-refractivity contribution in [3.63, 3.8) is 0 Å². The minimum atomic E-state index is -0.858. The van der Waals surface area contributed by atoms with Crippen LogP contribution in [0.15, 0.2) is 23.3 Å². The lowest BCUT2D eigenvalue weighted by molar-refractivity contribution is 0.0303. The fourth-order valence-electron chi connectivity index (χ4n) is 1.32. The van der Waals surface area contributed by atoms with Crippen LogP contribution in [0.1, 0.15) is 26.3 Å². The van der Waals surface area contributed by atoms with Gasteiger partial charge >= 0.3 is 6.09 Å². The Morgan fingerprint density at radius 2 is 1.80 bits per heavy atom. The van der Waals surface area contributed by atoms with E-state index in [-0.39, 0.29) is 0 Å². The molecule has 1 rings (SSSR count). The fourth-order valence-corrected chi connectivity index (χ4v) is 1.32. The van der Waals surface area contributed by atoms with Crippen LogP contribution < -0.4 is 5.73 Å². The van der Waals surface area contributed by atoms with Gasteiger partial charge in [-0.05, 0) is 32.9 Å². The molecule has 110 valence electrons. The van der Waals surface area contributed by atoms with Crippen molar-refractivity contribution in [2.75, 3.05) is 7.05 Å². The van der Waals surface area contributed by atoms with Gasteiger partial charge in [0.25, 0.3) is 0 Å². The summed E-state index contributed by atoms with van der Waals surface area (Å²) in [4.78, 5) is 11.6. The first-order chi connectivity index (χ1) is 9.11. The Hall–Kier alpha value is -2.18. The van der Waals surface area contributed by atoms with Crippen LogP contribution in [0.3, 0.4) is 0 Å². The molecular weight excluding hydrogens is 268 g/mol. The van der Waals surface area contributed by atoms with Crippen molar-refractivity contribution in [3.8, 4) is 0 Å². The molecule has 5 nitrogen and oxygen atoms in total. The summed E-state index contributed by atoms with van der Waals surface area (Å²) < 4.78 is 32.0. The first kappa shape index (κ1) is 15.9. The maximum absolute atomic E-state index is 13.5. The smallest absolute Gasteiger partial charge is 0.430 e. The lowest BCUT2D eigenvalue weighted by atomic mass is 10.2. The Bertz CT molecular complexity index is 519. The quantitative estimate of drug-likeness (QED) is 0.515. The Morgan fingerprint density at radius 3 is 2.25 bits per heavy atom. The molecule has 0 bridgehead atoms. The zero-order chi connectivity index (χ0) is 15.5. The molecule has 0 radical (unpaired) electrons. The summed E-state index contributed by atoms with van der Waals surface area (Å²) in [6, 6.07) is 3.31. The van der Waals surface area contributed by atoms with Crippen molar-refractivity contribution in [3.05, 3.63) is 35.4 Å². The van der Waals surface area contributed by atoms with E-state index in [1.165, 1.54) is 13.1 Å². The first-order valence-electron chi connectivity index (χ1n) is 5.87. The molecule has 0 spiro atoms. The van der Waals surface area contributed by atoms with Crippen molar-refractivity contribution in [1.82, 2.24) is 5.01 Å². The van der Waals surface area contributed by atoms with E-state index in [0.717, 1.165) is 17.1 Å². The van der Waals surface area contributed by atoms with Gasteiger partial charge in [0.2, 0.25) is 0 Å². The van der Waals surface area contributed by atoms with Gasteiger partial charge in [-0.25, -0.2) is 13.6 Å². The summed E-state index contributed by atoms with van der Waals surface area (Å²) in [5.74, 6) is -2.17. The number of hydrazone groups is 1. The average Bonchev–Trinajstić information content (AvgIpc) is 2.26. The minimum Gasteiger partial charge on any atom is -0.442 e. The van der Waals surface area contributed by atoms with Gasteiger partial charge in [-0.1, -0.05) is 6.07 Å². The number of halogens is 2. The van der Waals surface area contributed by atoms with E-state index in [9.17, 15) is 13.6 Å². The number of hydrogen-bond acceptors (Lipinski definition) is 3. The van der Waals surface area contributed by atoms with Gasteiger partial charge in [-0.3, -0.25) is 0 Å². The summed E-state index contributed by atoms with van der Waals surface area (Å²) in [6.07, 6.45) is -0.780. The summed E-state index contributed by atoms with van der Waals surface area (Å²) in [6.45, 7) is 5.05. The molecule has 1 amide bonds. The molecular formula is C13H17F2N3O2. The maximum atomic E-state index is 13.5. The highest BCUT2D eigenvalue weighted by Gasteiger charge is 2.20. The van der Waals surface area contributed by atoms with Crippen LogP contribution >= 0.6 is 0 Å². The summed E-state index contributed by atoms with van der Waals surface area (Å²) in [5.41, 5.74) is 4.33. The standard InChI is InChI=1S/C13H17F2N3O2/c1-13(2,3)20-12(19)18(4)17-11(16)10-8(14)6-5-7-9(10)15/h5-7H,1-4H3,(H2,16,17). The van der Waals surface area contributed by atoms with Gasteiger partial charge in [0.1, 0.15) is 17.2 Å². The number of carbonyl (C=O) groups excluding carboxylic acids is 1. The number of rotatable bonds is 2. The molecule has 0 saturated heterocycles. The number of ether oxygens (including phenoxy) is 1. The zero-order valence-electron chi connectivity index (χ0n) is 11.8. The molecule has 20 heavy (non-hydrogen) atoms. The predicted molar refractivity (Wildman–Crippen MR) is 71.1 cm³/mol. The highest BCUT2D eigenvalue weighted by Crippen LogP contribution is 2.13. The van der Waals surface area contributed by atoms with Gasteiger partial charge in [0.05, 0.1) is 5.56 Å². The number of amidine groups is 1. The van der Waals surface area contributed by atoms with E-state index < -0.39 is 34.7 Å². The summed E-state index contributed by atoms with van der Waals surface area (Å²) in [5, 5.41) is 4.41. The van der Waals surface area contributed by atoms with E-state index in [2.05, 4.69) is 5.10 Å². The lowest BCUT2D eigenvalue weighted by Gasteiger charge is -2.22. The largest absolute Gasteiger partial charge is 0.442 e. The highest BCUT2D eigenvalue weighted by atomic mass is 19.1. The van der Waals surface area contributed by atoms with Gasteiger partial charge in [0, 0.05) is 7.05 Å². The third-order valence-electron chi connectivity index (χ3n) is 2.13. The van der Waals surface area contributed by atoms with Gasteiger partial charge in [-0.15, -0.1) is 5.10 Å². The van der Waals surface area contributed by atoms with Crippen LogP contribution in [0, 0.1) is 11.6 Å². The molecule has 0 aliphatic heterocycles. The van der Waals surface area contributed by atoms with Crippen molar-refractivity contribution in [2.45, 2.75) is 26.4 Å². The van der Waals surface area contributed by atoms with Crippen LogP contribution in [0.5, 0.6) is 0 Å². The van der Waals surface area contributed by atoms with E-state index >= 15 is 0 Å². The second-order valence-electron chi connectivity index (χ2n) is 5.09. The minimum absolute atomic E-state index is 0.450. The Kier molecular flexibility index (Phi) is 4.65. The summed E-state index contributed by atoms with van der Waals surface area (Å²) >= 11 is 0. The zero-order valence-corrected chi connectivity index (χ0v) is 11.8. The van der Waals surface area contributed by atoms with Crippen molar-refractivity contribution >= 4 is 11.9 Å². The normalized spacial score (nSPS) is 12.2. The third kappa shape index (κ3) is 4.18. The number of amides is 1. The van der Waals surface area contributed by atoms with Crippen LogP contribution in [-0.4, -0.2) is 29.6 Å². The van der Waals surface area contributed by atoms with E-state index in [0.29, 0.717) is 0 Å². The number of nitrogens with zero attached hydrogens (tertiary/aromatic N) is 2.